The number of aromatic nitrogens is 4. The standard InChI is InChI=1S/C19H14N6S/c20-13-3-1-2-11(8-13)18-23-16-6-7-26-17(16)19(24-18)22-14-4-5-15-12(9-14)10-21-25-15/h1-10H,20H2,(H,21,25)(H,22,23,24). The summed E-state index contributed by atoms with van der Waals surface area (Å²) in [6, 6.07) is 15.7. The summed E-state index contributed by atoms with van der Waals surface area (Å²) in [5, 5.41) is 13.5. The smallest absolute Gasteiger partial charge is 0.162 e. The maximum atomic E-state index is 5.91. The van der Waals surface area contributed by atoms with Gasteiger partial charge in [0, 0.05) is 22.3 Å². The summed E-state index contributed by atoms with van der Waals surface area (Å²) in [7, 11) is 0. The zero-order chi connectivity index (χ0) is 17.5. The Hall–Kier alpha value is -3.45. The van der Waals surface area contributed by atoms with Crippen LogP contribution in [-0.4, -0.2) is 20.2 Å². The Morgan fingerprint density at radius 2 is 2.00 bits per heavy atom. The first-order chi connectivity index (χ1) is 12.8. The first kappa shape index (κ1) is 14.9. The van der Waals surface area contributed by atoms with E-state index in [9.17, 15) is 0 Å². The monoisotopic (exact) mass is 358 g/mol. The third-order valence-electron chi connectivity index (χ3n) is 4.15. The number of H-pyrrole nitrogens is 1. The highest BCUT2D eigenvalue weighted by atomic mass is 32.1. The molecular formula is C19H14N6S. The second kappa shape index (κ2) is 5.82. The minimum Gasteiger partial charge on any atom is -0.399 e. The van der Waals surface area contributed by atoms with Crippen LogP contribution in [0.25, 0.3) is 32.5 Å². The highest BCUT2D eigenvalue weighted by molar-refractivity contribution is 7.17. The molecule has 0 aliphatic rings. The molecule has 0 aliphatic carbocycles. The van der Waals surface area contributed by atoms with E-state index < -0.39 is 0 Å². The highest BCUT2D eigenvalue weighted by Crippen LogP contribution is 2.32. The maximum Gasteiger partial charge on any atom is 0.162 e. The zero-order valence-corrected chi connectivity index (χ0v) is 14.4. The van der Waals surface area contributed by atoms with Gasteiger partial charge < -0.3 is 11.1 Å². The van der Waals surface area contributed by atoms with Crippen LogP contribution in [0.5, 0.6) is 0 Å². The fourth-order valence-electron chi connectivity index (χ4n) is 2.91. The molecule has 3 heterocycles. The number of anilines is 3. The minimum absolute atomic E-state index is 0.648. The molecule has 0 unspecified atom stereocenters. The van der Waals surface area contributed by atoms with E-state index in [0.29, 0.717) is 11.5 Å². The van der Waals surface area contributed by atoms with Crippen molar-refractivity contribution in [1.82, 2.24) is 20.2 Å². The van der Waals surface area contributed by atoms with Gasteiger partial charge in [0.2, 0.25) is 0 Å². The Morgan fingerprint density at radius 3 is 2.92 bits per heavy atom. The van der Waals surface area contributed by atoms with E-state index >= 15 is 0 Å². The lowest BCUT2D eigenvalue weighted by Crippen LogP contribution is -1.98. The SMILES string of the molecule is Nc1cccc(-c2nc(Nc3ccc4[nH]ncc4c3)c3sccc3n2)c1. The van der Waals surface area contributed by atoms with Gasteiger partial charge in [0.1, 0.15) is 0 Å². The van der Waals surface area contributed by atoms with Gasteiger partial charge in [-0.1, -0.05) is 12.1 Å². The Bertz CT molecular complexity index is 1240. The van der Waals surface area contributed by atoms with Crippen molar-refractivity contribution in [3.05, 3.63) is 60.1 Å². The summed E-state index contributed by atoms with van der Waals surface area (Å²) in [6.45, 7) is 0. The first-order valence-electron chi connectivity index (χ1n) is 8.07. The molecule has 126 valence electrons. The van der Waals surface area contributed by atoms with Crippen molar-refractivity contribution in [2.75, 3.05) is 11.1 Å². The average molecular weight is 358 g/mol. The third kappa shape index (κ3) is 2.55. The summed E-state index contributed by atoms with van der Waals surface area (Å²) >= 11 is 1.61. The normalized spacial score (nSPS) is 11.2. The van der Waals surface area contributed by atoms with Crippen LogP contribution in [0.1, 0.15) is 0 Å². The van der Waals surface area contributed by atoms with Gasteiger partial charge in [-0.2, -0.15) is 5.10 Å². The summed E-state index contributed by atoms with van der Waals surface area (Å²) in [6.07, 6.45) is 1.80. The molecule has 0 spiro atoms. The van der Waals surface area contributed by atoms with Crippen molar-refractivity contribution in [2.24, 2.45) is 0 Å². The van der Waals surface area contributed by atoms with E-state index in [0.717, 1.165) is 38.2 Å². The Morgan fingerprint density at radius 1 is 1.04 bits per heavy atom. The molecule has 2 aromatic carbocycles. The van der Waals surface area contributed by atoms with Crippen LogP contribution in [0, 0.1) is 0 Å². The van der Waals surface area contributed by atoms with Gasteiger partial charge in [-0.15, -0.1) is 11.3 Å². The number of nitrogens with zero attached hydrogens (tertiary/aromatic N) is 3. The minimum atomic E-state index is 0.648. The van der Waals surface area contributed by atoms with Gasteiger partial charge in [-0.3, -0.25) is 5.10 Å². The van der Waals surface area contributed by atoms with E-state index in [1.165, 1.54) is 0 Å². The second-order valence-corrected chi connectivity index (χ2v) is 6.87. The number of aromatic amines is 1. The lowest BCUT2D eigenvalue weighted by atomic mass is 10.2. The molecule has 0 saturated carbocycles. The Labute approximate surface area is 152 Å². The Balaban J connectivity index is 1.62. The van der Waals surface area contributed by atoms with Crippen molar-refractivity contribution in [1.29, 1.82) is 0 Å². The number of nitrogen functional groups attached to an aromatic ring is 1. The van der Waals surface area contributed by atoms with Gasteiger partial charge in [-0.05, 0) is 41.8 Å². The largest absolute Gasteiger partial charge is 0.399 e. The lowest BCUT2D eigenvalue weighted by molar-refractivity contribution is 1.12. The number of rotatable bonds is 3. The van der Waals surface area contributed by atoms with Gasteiger partial charge in [0.15, 0.2) is 11.6 Å². The van der Waals surface area contributed by atoms with Crippen LogP contribution < -0.4 is 11.1 Å². The summed E-state index contributed by atoms with van der Waals surface area (Å²) in [5.74, 6) is 1.43. The van der Waals surface area contributed by atoms with Crippen molar-refractivity contribution >= 4 is 49.6 Å². The van der Waals surface area contributed by atoms with Crippen LogP contribution in [0.15, 0.2) is 60.1 Å². The van der Waals surface area contributed by atoms with E-state index in [1.807, 2.05) is 53.9 Å². The fraction of sp³-hybridized carbons (Fsp3) is 0. The molecule has 0 atom stereocenters. The van der Waals surface area contributed by atoms with E-state index in [1.54, 1.807) is 17.5 Å². The molecule has 26 heavy (non-hydrogen) atoms. The molecule has 4 N–H and O–H groups in total. The van der Waals surface area contributed by atoms with Gasteiger partial charge in [-0.25, -0.2) is 9.97 Å². The van der Waals surface area contributed by atoms with Crippen LogP contribution in [0.4, 0.5) is 17.2 Å². The molecule has 0 saturated heterocycles. The van der Waals surface area contributed by atoms with Crippen molar-refractivity contribution in [3.63, 3.8) is 0 Å². The maximum absolute atomic E-state index is 5.91. The molecule has 0 bridgehead atoms. The third-order valence-corrected chi connectivity index (χ3v) is 5.06. The number of nitrogens with two attached hydrogens (primary N) is 1. The number of thiophene rings is 1. The predicted octanol–water partition coefficient (Wildman–Crippen LogP) is 4.56. The second-order valence-electron chi connectivity index (χ2n) is 5.95. The zero-order valence-electron chi connectivity index (χ0n) is 13.6. The number of fused-ring (bicyclic) bond motifs is 2. The Kier molecular flexibility index (Phi) is 3.32. The highest BCUT2D eigenvalue weighted by Gasteiger charge is 2.11. The summed E-state index contributed by atoms with van der Waals surface area (Å²) in [5.41, 5.74) is 10.4. The van der Waals surface area contributed by atoms with Crippen LogP contribution in [0.3, 0.4) is 0 Å². The van der Waals surface area contributed by atoms with Gasteiger partial charge in [0.25, 0.3) is 0 Å². The summed E-state index contributed by atoms with van der Waals surface area (Å²) < 4.78 is 1.02. The molecule has 0 aliphatic heterocycles. The average Bonchev–Trinajstić information content (AvgIpc) is 3.30. The molecule has 5 rings (SSSR count). The number of hydrogen-bond donors (Lipinski definition) is 3. The van der Waals surface area contributed by atoms with Gasteiger partial charge in [0.05, 0.1) is 21.9 Å². The van der Waals surface area contributed by atoms with E-state index in [-0.39, 0.29) is 0 Å². The van der Waals surface area contributed by atoms with E-state index in [2.05, 4.69) is 20.5 Å². The number of hydrogen-bond acceptors (Lipinski definition) is 6. The fourth-order valence-corrected chi connectivity index (χ4v) is 3.69. The van der Waals surface area contributed by atoms with Crippen molar-refractivity contribution < 1.29 is 0 Å². The van der Waals surface area contributed by atoms with Gasteiger partial charge >= 0.3 is 0 Å². The van der Waals surface area contributed by atoms with Crippen LogP contribution >= 0.6 is 11.3 Å². The van der Waals surface area contributed by atoms with Crippen LogP contribution in [0.2, 0.25) is 0 Å². The molecule has 7 heteroatoms. The van der Waals surface area contributed by atoms with Crippen molar-refractivity contribution in [3.8, 4) is 11.4 Å². The topological polar surface area (TPSA) is 92.5 Å². The number of benzene rings is 2. The molecule has 0 radical (unpaired) electrons. The predicted molar refractivity (Wildman–Crippen MR) is 107 cm³/mol. The lowest BCUT2D eigenvalue weighted by Gasteiger charge is -2.09. The van der Waals surface area contributed by atoms with Crippen molar-refractivity contribution in [2.45, 2.75) is 0 Å². The number of nitrogens with one attached hydrogen (secondary N) is 2. The van der Waals surface area contributed by atoms with E-state index in [4.69, 9.17) is 10.7 Å². The molecule has 0 fully saturated rings. The quantitative estimate of drug-likeness (QED) is 0.411. The first-order valence-corrected chi connectivity index (χ1v) is 8.95. The molecule has 6 nitrogen and oxygen atoms in total. The summed E-state index contributed by atoms with van der Waals surface area (Å²) in [4.78, 5) is 9.44. The molecule has 3 aromatic heterocycles. The van der Waals surface area contributed by atoms with Crippen LogP contribution in [-0.2, 0) is 0 Å². The molecular weight excluding hydrogens is 344 g/mol. The molecule has 5 aromatic rings. The molecule has 0 amide bonds.